The van der Waals surface area contributed by atoms with Crippen LogP contribution in [0.3, 0.4) is 0 Å². The van der Waals surface area contributed by atoms with E-state index >= 15 is 0 Å². The highest BCUT2D eigenvalue weighted by Gasteiger charge is 2.31. The first-order valence-electron chi connectivity index (χ1n) is 8.46. The number of halogens is 3. The second-order valence-electron chi connectivity index (χ2n) is 7.59. The first-order valence-corrected chi connectivity index (χ1v) is 8.46. The molecule has 2 N–H and O–H groups in total. The van der Waals surface area contributed by atoms with Gasteiger partial charge in [0.25, 0.3) is 0 Å². The average molecular weight is 358 g/mol. The summed E-state index contributed by atoms with van der Waals surface area (Å²) in [5.74, 6) is 0.341. The molecular weight excluding hydrogens is 333 g/mol. The van der Waals surface area contributed by atoms with Crippen LogP contribution in [0.2, 0.25) is 0 Å². The molecule has 1 fully saturated rings. The number of rotatable bonds is 3. The Balaban J connectivity index is 1.79. The van der Waals surface area contributed by atoms with Crippen molar-refractivity contribution in [2.75, 3.05) is 5.32 Å². The van der Waals surface area contributed by atoms with Crippen LogP contribution in [0.4, 0.5) is 23.7 Å². The third-order valence-electron chi connectivity index (χ3n) is 4.63. The van der Waals surface area contributed by atoms with Gasteiger partial charge in [-0.15, -0.1) is 13.2 Å². The van der Waals surface area contributed by atoms with Crippen molar-refractivity contribution >= 4 is 11.7 Å². The third kappa shape index (κ3) is 6.48. The lowest BCUT2D eigenvalue weighted by Crippen LogP contribution is -2.41. The van der Waals surface area contributed by atoms with Crippen LogP contribution in [-0.2, 0) is 0 Å². The van der Waals surface area contributed by atoms with Crippen molar-refractivity contribution in [3.63, 3.8) is 0 Å². The number of anilines is 1. The molecule has 0 heterocycles. The van der Waals surface area contributed by atoms with Crippen LogP contribution in [0.1, 0.15) is 46.5 Å². The van der Waals surface area contributed by atoms with Crippen LogP contribution in [0.15, 0.2) is 24.3 Å². The van der Waals surface area contributed by atoms with E-state index in [0.717, 1.165) is 37.8 Å². The molecule has 1 aromatic carbocycles. The molecule has 4 nitrogen and oxygen atoms in total. The average Bonchev–Trinajstić information content (AvgIpc) is 2.47. The number of carbonyl (C=O) groups excluding carboxylic acids is 1. The number of nitrogens with one attached hydrogen (secondary N) is 2. The van der Waals surface area contributed by atoms with Gasteiger partial charge in [0.2, 0.25) is 0 Å². The summed E-state index contributed by atoms with van der Waals surface area (Å²) in [5, 5.41) is 5.56. The molecule has 7 heteroatoms. The zero-order valence-electron chi connectivity index (χ0n) is 14.7. The van der Waals surface area contributed by atoms with Crippen molar-refractivity contribution in [2.24, 2.45) is 11.3 Å². The monoisotopic (exact) mass is 358 g/mol. The van der Waals surface area contributed by atoms with Gasteiger partial charge in [0.05, 0.1) is 0 Å². The van der Waals surface area contributed by atoms with E-state index in [4.69, 9.17) is 0 Å². The Labute approximate surface area is 146 Å². The summed E-state index contributed by atoms with van der Waals surface area (Å²) in [4.78, 5) is 12.0. The predicted molar refractivity (Wildman–Crippen MR) is 90.5 cm³/mol. The molecule has 1 aromatic rings. The highest BCUT2D eigenvalue weighted by Crippen LogP contribution is 2.37. The van der Waals surface area contributed by atoms with Crippen LogP contribution >= 0.6 is 0 Å². The molecule has 25 heavy (non-hydrogen) atoms. The third-order valence-corrected chi connectivity index (χ3v) is 4.63. The van der Waals surface area contributed by atoms with Crippen molar-refractivity contribution in [1.82, 2.24) is 5.32 Å². The van der Waals surface area contributed by atoms with E-state index in [2.05, 4.69) is 36.1 Å². The summed E-state index contributed by atoms with van der Waals surface area (Å²) in [6.45, 7) is 6.72. The molecule has 1 aliphatic rings. The van der Waals surface area contributed by atoms with Crippen molar-refractivity contribution in [1.29, 1.82) is 0 Å². The molecule has 0 aromatic heterocycles. The minimum Gasteiger partial charge on any atom is -0.406 e. The molecule has 0 aliphatic heterocycles. The Hall–Kier alpha value is -1.92. The fourth-order valence-electron chi connectivity index (χ4n) is 3.20. The quantitative estimate of drug-likeness (QED) is 0.769. The van der Waals surface area contributed by atoms with E-state index in [0.29, 0.717) is 11.6 Å². The minimum atomic E-state index is -4.72. The molecule has 0 spiro atoms. The second kappa shape index (κ2) is 7.54. The molecular formula is C18H25F3N2O2. The normalized spacial score (nSPS) is 21.5. The van der Waals surface area contributed by atoms with Gasteiger partial charge >= 0.3 is 12.4 Å². The number of benzene rings is 1. The van der Waals surface area contributed by atoms with E-state index < -0.39 is 6.36 Å². The van der Waals surface area contributed by atoms with Crippen LogP contribution in [-0.4, -0.2) is 18.4 Å². The Kier molecular flexibility index (Phi) is 5.85. The summed E-state index contributed by atoms with van der Waals surface area (Å²) >= 11 is 0. The molecule has 1 aliphatic carbocycles. The maximum absolute atomic E-state index is 12.1. The van der Waals surface area contributed by atoms with Crippen molar-refractivity contribution < 1.29 is 22.7 Å². The van der Waals surface area contributed by atoms with E-state index in [1.807, 2.05) is 0 Å². The molecule has 0 atom stereocenters. The molecule has 0 bridgehead atoms. The summed E-state index contributed by atoms with van der Waals surface area (Å²) in [6.07, 6.45) is -0.685. The zero-order chi connectivity index (χ0) is 18.7. The standard InChI is InChI=1S/C18H25F3N2O2/c1-17(2,3)12-4-6-13(7-5-12)22-16(24)23-14-8-10-15(11-9-14)25-18(19,20)21/h8-13H,4-7H2,1-3H3,(H2,22,23,24). The Morgan fingerprint density at radius 3 is 2.08 bits per heavy atom. The van der Waals surface area contributed by atoms with Gasteiger partial charge in [-0.25, -0.2) is 4.79 Å². The van der Waals surface area contributed by atoms with Crippen molar-refractivity contribution in [3.8, 4) is 5.75 Å². The largest absolute Gasteiger partial charge is 0.573 e. The number of carbonyl (C=O) groups is 1. The topological polar surface area (TPSA) is 50.4 Å². The Morgan fingerprint density at radius 2 is 1.60 bits per heavy atom. The summed E-state index contributed by atoms with van der Waals surface area (Å²) in [5.41, 5.74) is 0.698. The van der Waals surface area contributed by atoms with Crippen LogP contribution in [0, 0.1) is 11.3 Å². The fourth-order valence-corrected chi connectivity index (χ4v) is 3.20. The lowest BCUT2D eigenvalue weighted by molar-refractivity contribution is -0.274. The van der Waals surface area contributed by atoms with E-state index in [1.54, 1.807) is 0 Å². The van der Waals surface area contributed by atoms with Gasteiger partial charge in [0.1, 0.15) is 5.75 Å². The maximum atomic E-state index is 12.1. The maximum Gasteiger partial charge on any atom is 0.573 e. The Morgan fingerprint density at radius 1 is 1.04 bits per heavy atom. The molecule has 0 saturated heterocycles. The van der Waals surface area contributed by atoms with Gasteiger partial charge in [-0.2, -0.15) is 0 Å². The SMILES string of the molecule is CC(C)(C)C1CCC(NC(=O)Nc2ccc(OC(F)(F)F)cc2)CC1. The smallest absolute Gasteiger partial charge is 0.406 e. The van der Waals surface area contributed by atoms with E-state index in [9.17, 15) is 18.0 Å². The van der Waals surface area contributed by atoms with Gasteiger partial charge < -0.3 is 15.4 Å². The fraction of sp³-hybridized carbons (Fsp3) is 0.611. The number of urea groups is 1. The van der Waals surface area contributed by atoms with Crippen LogP contribution < -0.4 is 15.4 Å². The summed E-state index contributed by atoms with van der Waals surface area (Å²) < 4.78 is 40.1. The molecule has 140 valence electrons. The second-order valence-corrected chi connectivity index (χ2v) is 7.59. The van der Waals surface area contributed by atoms with Crippen molar-refractivity contribution in [2.45, 2.75) is 58.9 Å². The molecule has 2 rings (SSSR count). The number of amides is 2. The highest BCUT2D eigenvalue weighted by atomic mass is 19.4. The first kappa shape index (κ1) is 19.4. The predicted octanol–water partition coefficient (Wildman–Crippen LogP) is 5.31. The van der Waals surface area contributed by atoms with Crippen LogP contribution in [0.5, 0.6) is 5.75 Å². The van der Waals surface area contributed by atoms with Crippen molar-refractivity contribution in [3.05, 3.63) is 24.3 Å². The summed E-state index contributed by atoms with van der Waals surface area (Å²) in [6, 6.07) is 4.86. The van der Waals surface area contributed by atoms with Gasteiger partial charge in [-0.05, 0) is 61.3 Å². The molecule has 0 unspecified atom stereocenters. The van der Waals surface area contributed by atoms with E-state index in [-0.39, 0.29) is 23.2 Å². The number of hydrogen-bond donors (Lipinski definition) is 2. The summed E-state index contributed by atoms with van der Waals surface area (Å²) in [7, 11) is 0. The lowest BCUT2D eigenvalue weighted by atomic mass is 9.71. The van der Waals surface area contributed by atoms with E-state index in [1.165, 1.54) is 12.1 Å². The zero-order valence-corrected chi connectivity index (χ0v) is 14.7. The Bertz CT molecular complexity index is 571. The molecule has 0 radical (unpaired) electrons. The van der Waals surface area contributed by atoms with Gasteiger partial charge in [-0.1, -0.05) is 20.8 Å². The minimum absolute atomic E-state index is 0.131. The number of hydrogen-bond acceptors (Lipinski definition) is 2. The van der Waals surface area contributed by atoms with Gasteiger partial charge in [-0.3, -0.25) is 0 Å². The van der Waals surface area contributed by atoms with Crippen LogP contribution in [0.25, 0.3) is 0 Å². The number of ether oxygens (including phenoxy) is 1. The van der Waals surface area contributed by atoms with Gasteiger partial charge in [0, 0.05) is 11.7 Å². The number of alkyl halides is 3. The molecule has 2 amide bonds. The first-order chi connectivity index (χ1) is 11.5. The highest BCUT2D eigenvalue weighted by molar-refractivity contribution is 5.89. The molecule has 1 saturated carbocycles. The lowest BCUT2D eigenvalue weighted by Gasteiger charge is -2.37. The van der Waals surface area contributed by atoms with Gasteiger partial charge in [0.15, 0.2) is 0 Å².